The van der Waals surface area contributed by atoms with Gasteiger partial charge in [-0.2, -0.15) is 0 Å². The molecule has 0 aromatic heterocycles. The average molecular weight is 543 g/mol. The zero-order valence-corrected chi connectivity index (χ0v) is 21.3. The molecule has 31 heavy (non-hydrogen) atoms. The summed E-state index contributed by atoms with van der Waals surface area (Å²) in [5.74, 6) is 0.737. The van der Waals surface area contributed by atoms with Gasteiger partial charge in [-0.05, 0) is 51.3 Å². The van der Waals surface area contributed by atoms with E-state index in [9.17, 15) is 4.79 Å². The number of halogens is 1. The lowest BCUT2D eigenvalue weighted by Crippen LogP contribution is -2.45. The molecule has 3 unspecified atom stereocenters. The van der Waals surface area contributed by atoms with E-state index in [0.717, 1.165) is 70.9 Å². The summed E-state index contributed by atoms with van der Waals surface area (Å²) in [6.45, 7) is 8.05. The van der Waals surface area contributed by atoms with Gasteiger partial charge in [-0.15, -0.1) is 24.0 Å². The Hall–Kier alpha value is -1.39. The second kappa shape index (κ2) is 13.2. The lowest BCUT2D eigenvalue weighted by Gasteiger charge is -2.31. The SMILES string of the molecule is CN=C(NCCCN1CCCC(C(N)=O)C1)NC1CC(C)N(Cc2ccccc2)C1.I. The van der Waals surface area contributed by atoms with Crippen LogP contribution in [0.4, 0.5) is 0 Å². The summed E-state index contributed by atoms with van der Waals surface area (Å²) in [6, 6.07) is 11.6. The highest BCUT2D eigenvalue weighted by Crippen LogP contribution is 2.20. The largest absolute Gasteiger partial charge is 0.369 e. The van der Waals surface area contributed by atoms with Crippen LogP contribution in [-0.2, 0) is 11.3 Å². The van der Waals surface area contributed by atoms with Crippen LogP contribution in [0.1, 0.15) is 38.2 Å². The Labute approximate surface area is 204 Å². The third kappa shape index (κ3) is 8.23. The molecule has 2 aliphatic heterocycles. The van der Waals surface area contributed by atoms with Gasteiger partial charge >= 0.3 is 0 Å². The molecule has 0 radical (unpaired) electrons. The fraction of sp³-hybridized carbons (Fsp3) is 0.652. The van der Waals surface area contributed by atoms with E-state index in [0.29, 0.717) is 12.1 Å². The lowest BCUT2D eigenvalue weighted by atomic mass is 9.97. The van der Waals surface area contributed by atoms with Gasteiger partial charge in [-0.3, -0.25) is 14.7 Å². The van der Waals surface area contributed by atoms with Crippen LogP contribution in [0.15, 0.2) is 35.3 Å². The Bertz CT molecular complexity index is 701. The van der Waals surface area contributed by atoms with Gasteiger partial charge in [0, 0.05) is 45.3 Å². The van der Waals surface area contributed by atoms with Crippen molar-refractivity contribution in [3.8, 4) is 0 Å². The number of nitrogens with one attached hydrogen (secondary N) is 2. The van der Waals surface area contributed by atoms with Crippen LogP contribution < -0.4 is 16.4 Å². The molecule has 2 saturated heterocycles. The molecule has 7 nitrogen and oxygen atoms in total. The number of amides is 1. The van der Waals surface area contributed by atoms with Gasteiger partial charge < -0.3 is 21.3 Å². The third-order valence-corrected chi connectivity index (χ3v) is 6.35. The summed E-state index contributed by atoms with van der Waals surface area (Å²) in [5, 5.41) is 7.05. The quantitative estimate of drug-likeness (QED) is 0.203. The summed E-state index contributed by atoms with van der Waals surface area (Å²) in [4.78, 5) is 20.7. The number of carbonyl (C=O) groups excluding carboxylic acids is 1. The van der Waals surface area contributed by atoms with Crippen LogP contribution in [0.2, 0.25) is 0 Å². The Morgan fingerprint density at radius 1 is 1.26 bits per heavy atom. The first-order chi connectivity index (χ1) is 14.5. The van der Waals surface area contributed by atoms with Crippen LogP contribution in [0.25, 0.3) is 0 Å². The normalized spacial score (nSPS) is 25.1. The standard InChI is InChI=1S/C23H38N6O.HI/c1-18-14-21(17-29(18)15-19-8-4-3-5-9-19)27-23(25-2)26-11-7-13-28-12-6-10-20(16-28)22(24)30;/h3-5,8-9,18,20-21H,6-7,10-17H2,1-2H3,(H2,24,30)(H2,25,26,27);1H. The highest BCUT2D eigenvalue weighted by Gasteiger charge is 2.29. The summed E-state index contributed by atoms with van der Waals surface area (Å²) >= 11 is 0. The molecular formula is C23H39IN6O. The number of primary amides is 1. The molecule has 2 aliphatic rings. The Kier molecular flexibility index (Phi) is 11.0. The molecule has 2 heterocycles. The number of carbonyl (C=O) groups is 1. The first-order valence-electron chi connectivity index (χ1n) is 11.3. The number of piperidine rings is 1. The molecule has 0 spiro atoms. The topological polar surface area (TPSA) is 86.0 Å². The highest BCUT2D eigenvalue weighted by molar-refractivity contribution is 14.0. The Balaban J connectivity index is 0.00000341. The van der Waals surface area contributed by atoms with E-state index in [4.69, 9.17) is 5.73 Å². The van der Waals surface area contributed by atoms with Gasteiger partial charge in [0.2, 0.25) is 5.91 Å². The maximum atomic E-state index is 11.4. The van der Waals surface area contributed by atoms with E-state index in [1.807, 2.05) is 7.05 Å². The number of likely N-dealkylation sites (tertiary alicyclic amines) is 2. The van der Waals surface area contributed by atoms with Gasteiger partial charge in [0.25, 0.3) is 0 Å². The molecule has 0 bridgehead atoms. The van der Waals surface area contributed by atoms with Crippen molar-refractivity contribution in [2.75, 3.05) is 39.8 Å². The van der Waals surface area contributed by atoms with E-state index in [1.165, 1.54) is 5.56 Å². The number of guanidine groups is 1. The van der Waals surface area contributed by atoms with E-state index in [-0.39, 0.29) is 35.8 Å². The smallest absolute Gasteiger partial charge is 0.221 e. The van der Waals surface area contributed by atoms with Crippen LogP contribution in [0.5, 0.6) is 0 Å². The lowest BCUT2D eigenvalue weighted by molar-refractivity contribution is -0.123. The van der Waals surface area contributed by atoms with Crippen LogP contribution in [0.3, 0.4) is 0 Å². The molecule has 3 atom stereocenters. The fourth-order valence-electron chi connectivity index (χ4n) is 4.63. The molecular weight excluding hydrogens is 503 g/mol. The zero-order chi connectivity index (χ0) is 21.3. The number of hydrogen-bond acceptors (Lipinski definition) is 4. The summed E-state index contributed by atoms with van der Waals surface area (Å²) < 4.78 is 0. The second-order valence-corrected chi connectivity index (χ2v) is 8.74. The molecule has 4 N–H and O–H groups in total. The zero-order valence-electron chi connectivity index (χ0n) is 18.9. The minimum atomic E-state index is -0.158. The van der Waals surface area contributed by atoms with Crippen molar-refractivity contribution in [1.82, 2.24) is 20.4 Å². The van der Waals surface area contributed by atoms with Crippen LogP contribution >= 0.6 is 24.0 Å². The van der Waals surface area contributed by atoms with E-state index < -0.39 is 0 Å². The highest BCUT2D eigenvalue weighted by atomic mass is 127. The Morgan fingerprint density at radius 2 is 2.03 bits per heavy atom. The third-order valence-electron chi connectivity index (χ3n) is 6.35. The molecule has 174 valence electrons. The summed E-state index contributed by atoms with van der Waals surface area (Å²) in [5.41, 5.74) is 6.84. The van der Waals surface area contributed by atoms with Crippen molar-refractivity contribution in [1.29, 1.82) is 0 Å². The average Bonchev–Trinajstić information content (AvgIpc) is 3.09. The van der Waals surface area contributed by atoms with E-state index >= 15 is 0 Å². The summed E-state index contributed by atoms with van der Waals surface area (Å²) in [7, 11) is 1.83. The van der Waals surface area contributed by atoms with Gasteiger partial charge in [0.1, 0.15) is 0 Å². The van der Waals surface area contributed by atoms with Gasteiger partial charge in [0.05, 0.1) is 5.92 Å². The molecule has 1 amide bonds. The molecule has 3 rings (SSSR count). The number of nitrogens with two attached hydrogens (primary N) is 1. The molecule has 0 saturated carbocycles. The molecule has 2 fully saturated rings. The van der Waals surface area contributed by atoms with Crippen molar-refractivity contribution in [2.24, 2.45) is 16.6 Å². The van der Waals surface area contributed by atoms with Crippen LogP contribution in [0, 0.1) is 5.92 Å². The van der Waals surface area contributed by atoms with E-state index in [2.05, 4.69) is 62.7 Å². The fourth-order valence-corrected chi connectivity index (χ4v) is 4.63. The maximum Gasteiger partial charge on any atom is 0.221 e. The Morgan fingerprint density at radius 3 is 2.74 bits per heavy atom. The second-order valence-electron chi connectivity index (χ2n) is 8.74. The van der Waals surface area contributed by atoms with Crippen LogP contribution in [-0.4, -0.2) is 73.5 Å². The number of rotatable bonds is 8. The minimum Gasteiger partial charge on any atom is -0.369 e. The molecule has 1 aromatic carbocycles. The van der Waals surface area contributed by atoms with Gasteiger partial charge in [-0.1, -0.05) is 30.3 Å². The van der Waals surface area contributed by atoms with Crippen molar-refractivity contribution in [2.45, 2.75) is 51.2 Å². The maximum absolute atomic E-state index is 11.4. The number of hydrogen-bond donors (Lipinski definition) is 3. The van der Waals surface area contributed by atoms with Gasteiger partial charge in [-0.25, -0.2) is 0 Å². The number of aliphatic imine (C=N–C) groups is 1. The summed E-state index contributed by atoms with van der Waals surface area (Å²) in [6.07, 6.45) is 4.13. The monoisotopic (exact) mass is 542 g/mol. The van der Waals surface area contributed by atoms with Crippen molar-refractivity contribution < 1.29 is 4.79 Å². The predicted molar refractivity (Wildman–Crippen MR) is 138 cm³/mol. The van der Waals surface area contributed by atoms with Gasteiger partial charge in [0.15, 0.2) is 5.96 Å². The van der Waals surface area contributed by atoms with E-state index in [1.54, 1.807) is 0 Å². The first kappa shape index (κ1) is 25.9. The molecule has 0 aliphatic carbocycles. The van der Waals surface area contributed by atoms with Crippen molar-refractivity contribution in [3.63, 3.8) is 0 Å². The number of benzene rings is 1. The predicted octanol–water partition coefficient (Wildman–Crippen LogP) is 2.02. The van der Waals surface area contributed by atoms with Crippen molar-refractivity contribution in [3.05, 3.63) is 35.9 Å². The minimum absolute atomic E-state index is 0. The molecule has 8 heteroatoms. The first-order valence-corrected chi connectivity index (χ1v) is 11.3. The molecule has 1 aromatic rings. The number of nitrogens with zero attached hydrogens (tertiary/aromatic N) is 3. The van der Waals surface area contributed by atoms with Crippen molar-refractivity contribution >= 4 is 35.8 Å².